The minimum atomic E-state index is -0.234. The zero-order valence-corrected chi connectivity index (χ0v) is 15.9. The van der Waals surface area contributed by atoms with Crippen LogP contribution in [0.5, 0.6) is 0 Å². The average molecular weight is 383 g/mol. The lowest BCUT2D eigenvalue weighted by Crippen LogP contribution is -2.39. The van der Waals surface area contributed by atoms with Crippen molar-refractivity contribution < 1.29 is 9.59 Å². The van der Waals surface area contributed by atoms with Crippen molar-refractivity contribution in [2.24, 2.45) is 0 Å². The predicted molar refractivity (Wildman–Crippen MR) is 109 cm³/mol. The molecule has 0 saturated carbocycles. The van der Waals surface area contributed by atoms with Crippen molar-refractivity contribution in [1.82, 2.24) is 10.2 Å². The molecule has 1 aliphatic heterocycles. The number of aryl methyl sites for hydroxylation is 1. The van der Waals surface area contributed by atoms with Crippen LogP contribution in [0.1, 0.15) is 16.7 Å². The Morgan fingerprint density at radius 2 is 1.85 bits per heavy atom. The number of benzene rings is 2. The van der Waals surface area contributed by atoms with Crippen LogP contribution in [-0.2, 0) is 16.1 Å². The third-order valence-corrected chi connectivity index (χ3v) is 5.36. The number of hydrogen-bond donors (Lipinski definition) is 1. The number of carbonyl (C=O) groups excluding carboxylic acids is 2. The van der Waals surface area contributed by atoms with Crippen molar-refractivity contribution in [1.29, 1.82) is 0 Å². The summed E-state index contributed by atoms with van der Waals surface area (Å²) in [6.45, 7) is 2.35. The van der Waals surface area contributed by atoms with Gasteiger partial charge in [-0.25, -0.2) is 0 Å². The molecule has 1 N–H and O–H groups in total. The van der Waals surface area contributed by atoms with Crippen LogP contribution in [-0.4, -0.2) is 27.6 Å². The van der Waals surface area contributed by atoms with E-state index in [-0.39, 0.29) is 18.4 Å². The van der Waals surface area contributed by atoms with Crippen LogP contribution in [0.15, 0.2) is 59.5 Å². The molecule has 2 amide bonds. The molecule has 0 aliphatic carbocycles. The minimum Gasteiger partial charge on any atom is -0.350 e. The van der Waals surface area contributed by atoms with E-state index in [4.69, 9.17) is 12.2 Å². The van der Waals surface area contributed by atoms with Gasteiger partial charge in [-0.3, -0.25) is 14.5 Å². The molecule has 3 rings (SSSR count). The second-order valence-corrected chi connectivity index (χ2v) is 7.56. The Hall–Kier alpha value is -2.44. The summed E-state index contributed by atoms with van der Waals surface area (Å²) in [7, 11) is 0. The van der Waals surface area contributed by atoms with Gasteiger partial charge in [0.05, 0.1) is 4.91 Å². The summed E-state index contributed by atoms with van der Waals surface area (Å²) in [5.74, 6) is -0.458. The fraction of sp³-hybridized carbons (Fsp3) is 0.150. The summed E-state index contributed by atoms with van der Waals surface area (Å²) >= 11 is 6.52. The number of nitrogens with zero attached hydrogens (tertiary/aromatic N) is 1. The minimum absolute atomic E-state index is 0.0669. The van der Waals surface area contributed by atoms with Gasteiger partial charge in [-0.05, 0) is 29.7 Å². The van der Waals surface area contributed by atoms with Gasteiger partial charge in [-0.1, -0.05) is 78.6 Å². The highest BCUT2D eigenvalue weighted by Gasteiger charge is 2.33. The first-order chi connectivity index (χ1) is 12.5. The topological polar surface area (TPSA) is 49.4 Å². The highest BCUT2D eigenvalue weighted by atomic mass is 32.2. The van der Waals surface area contributed by atoms with E-state index >= 15 is 0 Å². The highest BCUT2D eigenvalue weighted by Crippen LogP contribution is 2.32. The summed E-state index contributed by atoms with van der Waals surface area (Å²) in [5, 5.41) is 2.82. The summed E-state index contributed by atoms with van der Waals surface area (Å²) in [4.78, 5) is 26.7. The van der Waals surface area contributed by atoms with E-state index in [2.05, 4.69) is 5.32 Å². The van der Waals surface area contributed by atoms with Crippen LogP contribution in [0.2, 0.25) is 0 Å². The monoisotopic (exact) mass is 382 g/mol. The molecule has 0 radical (unpaired) electrons. The molecule has 26 heavy (non-hydrogen) atoms. The zero-order chi connectivity index (χ0) is 18.5. The van der Waals surface area contributed by atoms with Gasteiger partial charge in [-0.2, -0.15) is 0 Å². The summed E-state index contributed by atoms with van der Waals surface area (Å²) in [6.07, 6.45) is 1.83. The number of hydrogen-bond acceptors (Lipinski definition) is 4. The molecule has 0 bridgehead atoms. The quantitative estimate of drug-likeness (QED) is 0.635. The Bertz CT molecular complexity index is 878. The van der Waals surface area contributed by atoms with Crippen LogP contribution in [0.3, 0.4) is 0 Å². The summed E-state index contributed by atoms with van der Waals surface area (Å²) in [6, 6.07) is 17.4. The molecule has 1 aliphatic rings. The Labute approximate surface area is 162 Å². The molecule has 2 aromatic rings. The molecular weight excluding hydrogens is 364 g/mol. The molecule has 1 fully saturated rings. The predicted octanol–water partition coefficient (Wildman–Crippen LogP) is 3.51. The third kappa shape index (κ3) is 4.39. The second kappa shape index (κ2) is 8.29. The largest absolute Gasteiger partial charge is 0.350 e. The lowest BCUT2D eigenvalue weighted by Gasteiger charge is -2.14. The third-order valence-electron chi connectivity index (χ3n) is 3.98. The number of thioether (sulfide) groups is 1. The Morgan fingerprint density at radius 3 is 2.58 bits per heavy atom. The fourth-order valence-electron chi connectivity index (χ4n) is 2.52. The fourth-order valence-corrected chi connectivity index (χ4v) is 3.77. The van der Waals surface area contributed by atoms with E-state index in [1.807, 2.05) is 67.6 Å². The SMILES string of the molecule is Cc1ccccc1/C=C1\SC(=S)N(CC(=O)NCc2ccccc2)C1=O. The molecule has 6 heteroatoms. The van der Waals surface area contributed by atoms with Gasteiger partial charge in [0.2, 0.25) is 5.91 Å². The average Bonchev–Trinajstić information content (AvgIpc) is 2.90. The maximum atomic E-state index is 12.6. The molecule has 1 saturated heterocycles. The van der Waals surface area contributed by atoms with Gasteiger partial charge in [0.1, 0.15) is 10.9 Å². The van der Waals surface area contributed by atoms with Gasteiger partial charge < -0.3 is 5.32 Å². The molecule has 4 nitrogen and oxygen atoms in total. The molecule has 132 valence electrons. The van der Waals surface area contributed by atoms with E-state index < -0.39 is 0 Å². The van der Waals surface area contributed by atoms with Crippen molar-refractivity contribution in [2.45, 2.75) is 13.5 Å². The van der Waals surface area contributed by atoms with E-state index in [9.17, 15) is 9.59 Å². The Balaban J connectivity index is 1.64. The lowest BCUT2D eigenvalue weighted by molar-refractivity contribution is -0.128. The van der Waals surface area contributed by atoms with Crippen LogP contribution in [0.4, 0.5) is 0 Å². The molecule has 1 heterocycles. The number of carbonyl (C=O) groups is 2. The van der Waals surface area contributed by atoms with Crippen molar-refractivity contribution >= 4 is 46.2 Å². The highest BCUT2D eigenvalue weighted by molar-refractivity contribution is 8.26. The van der Waals surface area contributed by atoms with E-state index in [1.165, 1.54) is 16.7 Å². The van der Waals surface area contributed by atoms with Crippen molar-refractivity contribution in [3.05, 3.63) is 76.2 Å². The van der Waals surface area contributed by atoms with Crippen molar-refractivity contribution in [2.75, 3.05) is 6.54 Å². The molecule has 0 unspecified atom stereocenters. The molecular formula is C20H18N2O2S2. The Morgan fingerprint density at radius 1 is 1.15 bits per heavy atom. The maximum absolute atomic E-state index is 12.6. The molecule has 0 spiro atoms. The number of rotatable bonds is 5. The van der Waals surface area contributed by atoms with Gasteiger partial charge >= 0.3 is 0 Å². The maximum Gasteiger partial charge on any atom is 0.266 e. The molecule has 0 aromatic heterocycles. The van der Waals surface area contributed by atoms with Crippen molar-refractivity contribution in [3.63, 3.8) is 0 Å². The van der Waals surface area contributed by atoms with E-state index in [0.29, 0.717) is 15.8 Å². The second-order valence-electron chi connectivity index (χ2n) is 5.89. The lowest BCUT2D eigenvalue weighted by atomic mass is 10.1. The van der Waals surface area contributed by atoms with Gasteiger partial charge in [0, 0.05) is 6.54 Å². The zero-order valence-electron chi connectivity index (χ0n) is 14.3. The number of amides is 2. The summed E-state index contributed by atoms with van der Waals surface area (Å²) in [5.41, 5.74) is 3.06. The van der Waals surface area contributed by atoms with Crippen LogP contribution < -0.4 is 5.32 Å². The number of thiocarbonyl (C=S) groups is 1. The Kier molecular flexibility index (Phi) is 5.85. The smallest absolute Gasteiger partial charge is 0.266 e. The number of nitrogens with one attached hydrogen (secondary N) is 1. The van der Waals surface area contributed by atoms with Crippen molar-refractivity contribution in [3.8, 4) is 0 Å². The van der Waals surface area contributed by atoms with Gasteiger partial charge in [0.25, 0.3) is 5.91 Å². The molecule has 0 atom stereocenters. The first-order valence-electron chi connectivity index (χ1n) is 8.16. The first kappa shape index (κ1) is 18.4. The van der Waals surface area contributed by atoms with Gasteiger partial charge in [0.15, 0.2) is 0 Å². The van der Waals surface area contributed by atoms with Crippen LogP contribution in [0, 0.1) is 6.92 Å². The summed E-state index contributed by atoms with van der Waals surface area (Å²) < 4.78 is 0.407. The molecule has 2 aromatic carbocycles. The van der Waals surface area contributed by atoms with E-state index in [1.54, 1.807) is 0 Å². The van der Waals surface area contributed by atoms with Crippen LogP contribution in [0.25, 0.3) is 6.08 Å². The standard InChI is InChI=1S/C20H18N2O2S2/c1-14-7-5-6-10-16(14)11-17-19(24)22(20(25)26-17)13-18(23)21-12-15-8-3-2-4-9-15/h2-11H,12-13H2,1H3,(H,21,23)/b17-11-. The van der Waals surface area contributed by atoms with Gasteiger partial charge in [-0.15, -0.1) is 0 Å². The normalized spacial score (nSPS) is 15.6. The first-order valence-corrected chi connectivity index (χ1v) is 9.38. The van der Waals surface area contributed by atoms with E-state index in [0.717, 1.165) is 16.7 Å². The van der Waals surface area contributed by atoms with Crippen LogP contribution >= 0.6 is 24.0 Å².